The molecule has 106 valence electrons. The quantitative estimate of drug-likeness (QED) is 0.903. The fraction of sp³-hybridized carbons (Fsp3) is 0.438. The highest BCUT2D eigenvalue weighted by atomic mass is 79.9. The van der Waals surface area contributed by atoms with E-state index in [0.29, 0.717) is 17.9 Å². The van der Waals surface area contributed by atoms with Crippen molar-refractivity contribution in [1.82, 2.24) is 15.1 Å². The topological polar surface area (TPSA) is 29.9 Å². The molecule has 1 saturated carbocycles. The monoisotopic (exact) mass is 333 g/mol. The second kappa shape index (κ2) is 5.70. The molecule has 0 spiro atoms. The maximum absolute atomic E-state index is 4.44. The van der Waals surface area contributed by atoms with Crippen LogP contribution in [0.15, 0.2) is 41.0 Å². The molecule has 1 aromatic carbocycles. The number of hydrogen-bond donors (Lipinski definition) is 1. The molecule has 1 heterocycles. The van der Waals surface area contributed by atoms with Gasteiger partial charge in [-0.1, -0.05) is 30.3 Å². The fourth-order valence-electron chi connectivity index (χ4n) is 3.15. The summed E-state index contributed by atoms with van der Waals surface area (Å²) in [6.07, 6.45) is 3.15. The first kappa shape index (κ1) is 13.8. The van der Waals surface area contributed by atoms with Crippen molar-refractivity contribution in [2.45, 2.75) is 31.8 Å². The van der Waals surface area contributed by atoms with Crippen molar-refractivity contribution in [3.63, 3.8) is 0 Å². The van der Waals surface area contributed by atoms with Crippen LogP contribution in [0.3, 0.4) is 0 Å². The lowest BCUT2D eigenvalue weighted by atomic mass is 10.0. The van der Waals surface area contributed by atoms with Crippen LogP contribution in [-0.2, 0) is 6.54 Å². The third-order valence-electron chi connectivity index (χ3n) is 4.23. The van der Waals surface area contributed by atoms with Crippen molar-refractivity contribution >= 4 is 15.9 Å². The highest BCUT2D eigenvalue weighted by Gasteiger charge is 2.45. The van der Waals surface area contributed by atoms with Crippen LogP contribution in [0.5, 0.6) is 0 Å². The summed E-state index contributed by atoms with van der Waals surface area (Å²) < 4.78 is 3.20. The number of benzene rings is 1. The first-order valence-corrected chi connectivity index (χ1v) is 7.99. The second-order valence-corrected chi connectivity index (χ2v) is 6.23. The van der Waals surface area contributed by atoms with Crippen LogP contribution < -0.4 is 5.32 Å². The summed E-state index contributed by atoms with van der Waals surface area (Å²) in [5.74, 6) is 1.32. The number of nitrogens with zero attached hydrogens (tertiary/aromatic N) is 2. The van der Waals surface area contributed by atoms with Gasteiger partial charge < -0.3 is 5.32 Å². The number of aromatic nitrogens is 2. The van der Waals surface area contributed by atoms with Gasteiger partial charge in [0.1, 0.15) is 0 Å². The van der Waals surface area contributed by atoms with Gasteiger partial charge in [0.25, 0.3) is 0 Å². The number of hydrogen-bond acceptors (Lipinski definition) is 2. The van der Waals surface area contributed by atoms with Gasteiger partial charge in [-0.25, -0.2) is 0 Å². The van der Waals surface area contributed by atoms with E-state index in [4.69, 9.17) is 0 Å². The molecular formula is C16H20BrN3. The van der Waals surface area contributed by atoms with Crippen LogP contribution in [0.4, 0.5) is 0 Å². The number of halogens is 1. The van der Waals surface area contributed by atoms with Crippen molar-refractivity contribution in [2.75, 3.05) is 7.05 Å². The highest BCUT2D eigenvalue weighted by molar-refractivity contribution is 9.10. The molecule has 1 aromatic heterocycles. The van der Waals surface area contributed by atoms with Gasteiger partial charge in [-0.15, -0.1) is 0 Å². The van der Waals surface area contributed by atoms with Crippen LogP contribution in [0, 0.1) is 5.92 Å². The van der Waals surface area contributed by atoms with Crippen molar-refractivity contribution < 1.29 is 0 Å². The Kier molecular flexibility index (Phi) is 3.94. The third kappa shape index (κ3) is 2.42. The third-order valence-corrected chi connectivity index (χ3v) is 4.85. The lowest BCUT2D eigenvalue weighted by molar-refractivity contribution is 0.464. The molecule has 3 atom stereocenters. The van der Waals surface area contributed by atoms with E-state index in [-0.39, 0.29) is 0 Å². The Morgan fingerprint density at radius 3 is 2.80 bits per heavy atom. The minimum atomic E-state index is 0.358. The number of rotatable bonds is 5. The molecule has 1 aliphatic rings. The molecule has 4 heteroatoms. The van der Waals surface area contributed by atoms with Crippen LogP contribution in [0.1, 0.15) is 36.6 Å². The summed E-state index contributed by atoms with van der Waals surface area (Å²) in [5.41, 5.74) is 2.73. The van der Waals surface area contributed by atoms with Gasteiger partial charge in [-0.05, 0) is 53.7 Å². The molecule has 3 rings (SSSR count). The van der Waals surface area contributed by atoms with E-state index < -0.39 is 0 Å². The van der Waals surface area contributed by atoms with E-state index in [9.17, 15) is 0 Å². The second-order valence-electron chi connectivity index (χ2n) is 5.38. The molecule has 1 N–H and O–H groups in total. The molecule has 2 aromatic rings. The van der Waals surface area contributed by atoms with Crippen LogP contribution in [0.25, 0.3) is 0 Å². The molecule has 0 aliphatic heterocycles. The number of aryl methyl sites for hydroxylation is 1. The first-order chi connectivity index (χ1) is 9.76. The Morgan fingerprint density at radius 1 is 1.40 bits per heavy atom. The van der Waals surface area contributed by atoms with Gasteiger partial charge in [-0.3, -0.25) is 4.68 Å². The molecule has 1 aliphatic carbocycles. The molecule has 0 bridgehead atoms. The molecule has 3 nitrogen and oxygen atoms in total. The maximum atomic E-state index is 4.44. The predicted octanol–water partition coefficient (Wildman–Crippen LogP) is 3.73. The fourth-order valence-corrected chi connectivity index (χ4v) is 3.70. The van der Waals surface area contributed by atoms with Gasteiger partial charge >= 0.3 is 0 Å². The van der Waals surface area contributed by atoms with Gasteiger partial charge in [0, 0.05) is 6.54 Å². The summed E-state index contributed by atoms with van der Waals surface area (Å²) in [6.45, 7) is 3.04. The van der Waals surface area contributed by atoms with Crippen LogP contribution in [-0.4, -0.2) is 16.8 Å². The van der Waals surface area contributed by atoms with Crippen LogP contribution >= 0.6 is 15.9 Å². The zero-order valence-corrected chi connectivity index (χ0v) is 13.5. The summed E-state index contributed by atoms with van der Waals surface area (Å²) in [4.78, 5) is 0. The van der Waals surface area contributed by atoms with Crippen LogP contribution in [0.2, 0.25) is 0 Å². The van der Waals surface area contributed by atoms with E-state index in [1.165, 1.54) is 17.7 Å². The maximum Gasteiger partial charge on any atom is 0.0698 e. The Morgan fingerprint density at radius 2 is 2.15 bits per heavy atom. The van der Waals surface area contributed by atoms with Gasteiger partial charge in [0.05, 0.1) is 22.4 Å². The Balaban J connectivity index is 1.84. The van der Waals surface area contributed by atoms with Crippen molar-refractivity contribution in [3.05, 3.63) is 52.3 Å². The molecule has 20 heavy (non-hydrogen) atoms. The van der Waals surface area contributed by atoms with Gasteiger partial charge in [-0.2, -0.15) is 5.10 Å². The van der Waals surface area contributed by atoms with Gasteiger partial charge in [0.2, 0.25) is 0 Å². The Bertz CT molecular complexity index is 579. The zero-order chi connectivity index (χ0) is 14.1. The number of nitrogens with one attached hydrogen (secondary N) is 1. The van der Waals surface area contributed by atoms with Crippen molar-refractivity contribution in [3.8, 4) is 0 Å². The molecule has 3 unspecified atom stereocenters. The highest BCUT2D eigenvalue weighted by Crippen LogP contribution is 2.54. The normalized spacial score (nSPS) is 22.8. The Labute approximate surface area is 128 Å². The lowest BCUT2D eigenvalue weighted by Gasteiger charge is -2.18. The summed E-state index contributed by atoms with van der Waals surface area (Å²) >= 11 is 3.65. The molecule has 0 saturated heterocycles. The summed E-state index contributed by atoms with van der Waals surface area (Å²) in [6, 6.07) is 11.2. The predicted molar refractivity (Wildman–Crippen MR) is 84.7 cm³/mol. The average molecular weight is 334 g/mol. The smallest absolute Gasteiger partial charge is 0.0698 e. The van der Waals surface area contributed by atoms with Crippen molar-refractivity contribution in [1.29, 1.82) is 0 Å². The average Bonchev–Trinajstić information content (AvgIpc) is 3.19. The summed E-state index contributed by atoms with van der Waals surface area (Å²) in [7, 11) is 2.05. The minimum Gasteiger partial charge on any atom is -0.311 e. The Hall–Kier alpha value is -1.13. The first-order valence-electron chi connectivity index (χ1n) is 7.19. The van der Waals surface area contributed by atoms with E-state index in [1.54, 1.807) is 0 Å². The summed E-state index contributed by atoms with van der Waals surface area (Å²) in [5, 5.41) is 7.93. The lowest BCUT2D eigenvalue weighted by Crippen LogP contribution is -2.23. The van der Waals surface area contributed by atoms with E-state index in [2.05, 4.69) is 68.3 Å². The molecular weight excluding hydrogens is 314 g/mol. The standard InChI is InChI=1S/C16H20BrN3/c1-3-20-16(14(17)10-19-20)15(18-2)13-9-12(13)11-7-5-4-6-8-11/h4-8,10,12-13,15,18H,3,9H2,1-2H3. The van der Waals surface area contributed by atoms with E-state index in [0.717, 1.165) is 11.0 Å². The SMILES string of the molecule is CCn1ncc(Br)c1C(NC)C1CC1c1ccccc1. The van der Waals surface area contributed by atoms with Crippen molar-refractivity contribution in [2.24, 2.45) is 5.92 Å². The van der Waals surface area contributed by atoms with E-state index in [1.807, 2.05) is 13.2 Å². The molecule has 0 radical (unpaired) electrons. The zero-order valence-electron chi connectivity index (χ0n) is 11.9. The van der Waals surface area contributed by atoms with E-state index >= 15 is 0 Å². The molecule has 0 amide bonds. The largest absolute Gasteiger partial charge is 0.311 e. The molecule has 1 fully saturated rings. The van der Waals surface area contributed by atoms with Gasteiger partial charge in [0.15, 0.2) is 0 Å². The minimum absolute atomic E-state index is 0.358.